The highest BCUT2D eigenvalue weighted by Crippen LogP contribution is 2.24. The minimum Gasteiger partial charge on any atom is -0.378 e. The Bertz CT molecular complexity index is 658. The summed E-state index contributed by atoms with van der Waals surface area (Å²) in [6.07, 6.45) is 3.56. The van der Waals surface area contributed by atoms with Crippen LogP contribution < -0.4 is 4.90 Å². The van der Waals surface area contributed by atoms with Crippen LogP contribution in [0.2, 0.25) is 0 Å². The molecule has 21 heavy (non-hydrogen) atoms. The average molecular weight is 287 g/mol. The Balaban J connectivity index is 1.40. The van der Waals surface area contributed by atoms with Crippen LogP contribution in [-0.2, 0) is 9.53 Å². The zero-order valence-electron chi connectivity index (χ0n) is 11.7. The summed E-state index contributed by atoms with van der Waals surface area (Å²) in [5.41, 5.74) is 0.834. The monoisotopic (exact) mass is 287 g/mol. The highest BCUT2D eigenvalue weighted by molar-refractivity contribution is 5.82. The van der Waals surface area contributed by atoms with Gasteiger partial charge in [-0.05, 0) is 12.1 Å². The van der Waals surface area contributed by atoms with Crippen LogP contribution in [-0.4, -0.2) is 64.8 Å². The number of nitrogens with zero attached hydrogens (tertiary/aromatic N) is 5. The van der Waals surface area contributed by atoms with Gasteiger partial charge in [0.2, 0.25) is 5.91 Å². The predicted molar refractivity (Wildman–Crippen MR) is 76.1 cm³/mol. The van der Waals surface area contributed by atoms with E-state index in [4.69, 9.17) is 4.74 Å². The second-order valence-electron chi connectivity index (χ2n) is 5.46. The molecule has 0 radical (unpaired) electrons. The number of ether oxygens (including phenoxy) is 1. The number of rotatable bonds is 2. The zero-order chi connectivity index (χ0) is 14.2. The normalized spacial score (nSPS) is 19.8. The number of amides is 1. The molecule has 2 fully saturated rings. The number of anilines is 1. The van der Waals surface area contributed by atoms with Gasteiger partial charge in [-0.25, -0.2) is 9.50 Å². The van der Waals surface area contributed by atoms with Gasteiger partial charge in [-0.2, -0.15) is 0 Å². The lowest BCUT2D eigenvalue weighted by molar-refractivity contribution is -0.140. The maximum atomic E-state index is 12.3. The van der Waals surface area contributed by atoms with E-state index >= 15 is 0 Å². The van der Waals surface area contributed by atoms with Crippen molar-refractivity contribution in [3.63, 3.8) is 0 Å². The molecule has 7 heteroatoms. The van der Waals surface area contributed by atoms with Crippen molar-refractivity contribution in [3.05, 3.63) is 24.5 Å². The number of aromatic nitrogens is 3. The van der Waals surface area contributed by atoms with Crippen molar-refractivity contribution < 1.29 is 9.53 Å². The summed E-state index contributed by atoms with van der Waals surface area (Å²) in [6, 6.07) is 3.90. The van der Waals surface area contributed by atoms with Crippen LogP contribution in [0.15, 0.2) is 24.5 Å². The Morgan fingerprint density at radius 1 is 1.24 bits per heavy atom. The Morgan fingerprint density at radius 2 is 2.05 bits per heavy atom. The highest BCUT2D eigenvalue weighted by atomic mass is 16.5. The van der Waals surface area contributed by atoms with E-state index in [2.05, 4.69) is 15.0 Å². The molecule has 2 saturated heterocycles. The van der Waals surface area contributed by atoms with Gasteiger partial charge in [-0.3, -0.25) is 4.79 Å². The molecule has 2 aromatic heterocycles. The van der Waals surface area contributed by atoms with Crippen molar-refractivity contribution in [1.82, 2.24) is 19.5 Å². The number of carbonyl (C=O) groups is 1. The van der Waals surface area contributed by atoms with Crippen LogP contribution in [0.5, 0.6) is 0 Å². The lowest BCUT2D eigenvalue weighted by Gasteiger charge is -2.41. The molecular formula is C14H17N5O2. The third-order valence-electron chi connectivity index (χ3n) is 4.12. The van der Waals surface area contributed by atoms with Gasteiger partial charge in [0.25, 0.3) is 0 Å². The Labute approximate surface area is 122 Å². The fourth-order valence-electron chi connectivity index (χ4n) is 2.84. The van der Waals surface area contributed by atoms with Crippen molar-refractivity contribution in [3.8, 4) is 0 Å². The molecule has 0 aliphatic carbocycles. The molecule has 0 atom stereocenters. The average Bonchev–Trinajstić information content (AvgIpc) is 2.94. The largest absolute Gasteiger partial charge is 0.378 e. The quantitative estimate of drug-likeness (QED) is 0.779. The first-order valence-electron chi connectivity index (χ1n) is 7.23. The van der Waals surface area contributed by atoms with E-state index < -0.39 is 0 Å². The topological polar surface area (TPSA) is 63.0 Å². The molecule has 0 N–H and O–H groups in total. The highest BCUT2D eigenvalue weighted by Gasteiger charge is 2.36. The molecule has 4 heterocycles. The molecule has 1 amide bonds. The number of imidazole rings is 1. The van der Waals surface area contributed by atoms with Gasteiger partial charge in [0.15, 0.2) is 5.65 Å². The van der Waals surface area contributed by atoms with Crippen LogP contribution in [0.25, 0.3) is 5.65 Å². The van der Waals surface area contributed by atoms with Crippen molar-refractivity contribution >= 4 is 17.4 Å². The maximum absolute atomic E-state index is 12.3. The maximum Gasteiger partial charge on any atom is 0.229 e. The molecule has 0 spiro atoms. The zero-order valence-corrected chi connectivity index (χ0v) is 11.7. The molecule has 0 saturated carbocycles. The van der Waals surface area contributed by atoms with Crippen molar-refractivity contribution in [2.45, 2.75) is 0 Å². The summed E-state index contributed by atoms with van der Waals surface area (Å²) in [5, 5.41) is 4.50. The van der Waals surface area contributed by atoms with E-state index in [-0.39, 0.29) is 11.8 Å². The van der Waals surface area contributed by atoms with E-state index in [1.165, 1.54) is 0 Å². The molecule has 2 aliphatic heterocycles. The van der Waals surface area contributed by atoms with Gasteiger partial charge in [0.05, 0.1) is 19.1 Å². The molecular weight excluding hydrogens is 270 g/mol. The molecule has 110 valence electrons. The first kappa shape index (κ1) is 12.6. The molecule has 4 rings (SSSR count). The Hall–Kier alpha value is -2.15. The van der Waals surface area contributed by atoms with Crippen LogP contribution in [0.3, 0.4) is 0 Å². The van der Waals surface area contributed by atoms with Crippen LogP contribution in [0.4, 0.5) is 5.82 Å². The number of hydrogen-bond acceptors (Lipinski definition) is 5. The smallest absolute Gasteiger partial charge is 0.229 e. The summed E-state index contributed by atoms with van der Waals surface area (Å²) in [4.78, 5) is 20.6. The van der Waals surface area contributed by atoms with Crippen LogP contribution >= 0.6 is 0 Å². The van der Waals surface area contributed by atoms with E-state index in [9.17, 15) is 4.79 Å². The van der Waals surface area contributed by atoms with E-state index in [1.54, 1.807) is 10.7 Å². The molecule has 0 bridgehead atoms. The summed E-state index contributed by atoms with van der Waals surface area (Å²) in [6.45, 7) is 4.22. The fraction of sp³-hybridized carbons (Fsp3) is 0.500. The second kappa shape index (κ2) is 5.00. The predicted octanol–water partition coefficient (Wildman–Crippen LogP) is 0.0243. The lowest BCUT2D eigenvalue weighted by Crippen LogP contribution is -2.56. The molecule has 7 nitrogen and oxygen atoms in total. The van der Waals surface area contributed by atoms with Crippen molar-refractivity contribution in [2.75, 3.05) is 44.3 Å². The molecule has 0 aromatic carbocycles. The number of morpholine rings is 1. The van der Waals surface area contributed by atoms with Gasteiger partial charge in [0, 0.05) is 38.6 Å². The lowest BCUT2D eigenvalue weighted by atomic mass is 9.98. The molecule has 2 aromatic rings. The van der Waals surface area contributed by atoms with Crippen molar-refractivity contribution in [1.29, 1.82) is 0 Å². The Morgan fingerprint density at radius 3 is 2.86 bits per heavy atom. The molecule has 0 unspecified atom stereocenters. The minimum absolute atomic E-state index is 0.0865. The third-order valence-corrected chi connectivity index (χ3v) is 4.12. The number of fused-ring (bicyclic) bond motifs is 1. The SMILES string of the molecule is O=C(C1CN(c2ccc3nccn3n2)C1)N1CCOCC1. The van der Waals surface area contributed by atoms with E-state index in [1.807, 2.05) is 23.2 Å². The minimum atomic E-state index is 0.0865. The van der Waals surface area contributed by atoms with E-state index in [0.717, 1.165) is 24.6 Å². The fourth-order valence-corrected chi connectivity index (χ4v) is 2.84. The summed E-state index contributed by atoms with van der Waals surface area (Å²) in [5.74, 6) is 1.23. The number of carbonyl (C=O) groups excluding carboxylic acids is 1. The second-order valence-corrected chi connectivity index (χ2v) is 5.46. The van der Waals surface area contributed by atoms with Gasteiger partial charge in [-0.15, -0.1) is 5.10 Å². The summed E-state index contributed by atoms with van der Waals surface area (Å²) in [7, 11) is 0. The van der Waals surface area contributed by atoms with E-state index in [0.29, 0.717) is 26.3 Å². The summed E-state index contributed by atoms with van der Waals surface area (Å²) < 4.78 is 7.04. The standard InChI is InChI=1S/C14H17N5O2/c20-14(17-5-7-21-8-6-17)11-9-18(10-11)13-2-1-12-15-3-4-19(12)16-13/h1-4,11H,5-10H2. The van der Waals surface area contributed by atoms with Gasteiger partial charge < -0.3 is 14.5 Å². The molecule has 2 aliphatic rings. The van der Waals surface area contributed by atoms with Gasteiger partial charge >= 0.3 is 0 Å². The summed E-state index contributed by atoms with van der Waals surface area (Å²) >= 11 is 0. The van der Waals surface area contributed by atoms with Crippen molar-refractivity contribution in [2.24, 2.45) is 5.92 Å². The van der Waals surface area contributed by atoms with Crippen LogP contribution in [0.1, 0.15) is 0 Å². The van der Waals surface area contributed by atoms with Crippen LogP contribution in [0, 0.1) is 5.92 Å². The van der Waals surface area contributed by atoms with Gasteiger partial charge in [-0.1, -0.05) is 0 Å². The first-order valence-corrected chi connectivity index (χ1v) is 7.23. The first-order chi connectivity index (χ1) is 10.3. The van der Waals surface area contributed by atoms with Gasteiger partial charge in [0.1, 0.15) is 5.82 Å². The number of hydrogen-bond donors (Lipinski definition) is 0. The Kier molecular flexibility index (Phi) is 2.99. The third kappa shape index (κ3) is 2.23.